The van der Waals surface area contributed by atoms with Gasteiger partial charge in [-0.25, -0.2) is 0 Å². The summed E-state index contributed by atoms with van der Waals surface area (Å²) in [4.78, 5) is 22.6. The van der Waals surface area contributed by atoms with Gasteiger partial charge in [-0.2, -0.15) is 5.10 Å². The highest BCUT2D eigenvalue weighted by molar-refractivity contribution is 7.13. The molecule has 0 atom stereocenters. The Morgan fingerprint density at radius 2 is 2.39 bits per heavy atom. The Balaban J connectivity index is 2.24. The van der Waals surface area contributed by atoms with Gasteiger partial charge in [-0.15, -0.1) is 11.3 Å². The number of rotatable bonds is 5. The maximum Gasteiger partial charge on any atom is 0.307 e. The van der Waals surface area contributed by atoms with Crippen molar-refractivity contribution >= 4 is 23.3 Å². The molecule has 94 valence electrons. The quantitative estimate of drug-likeness (QED) is 0.472. The molecule has 2 heterocycles. The first-order valence-electron chi connectivity index (χ1n) is 5.37. The third kappa shape index (κ3) is 2.45. The van der Waals surface area contributed by atoms with Gasteiger partial charge in [0.05, 0.1) is 16.3 Å². The van der Waals surface area contributed by atoms with E-state index in [4.69, 9.17) is 0 Å². The standard InChI is InChI=1S/C11H11N3O3S/c1-2-11-8(3-10(7-15)18-11)5-13-6-9(4-12-13)14(16)17/h3-4,6-7H,2,5H2,1H3. The van der Waals surface area contributed by atoms with Crippen LogP contribution < -0.4 is 0 Å². The van der Waals surface area contributed by atoms with E-state index in [-0.39, 0.29) is 5.69 Å². The lowest BCUT2D eigenvalue weighted by Gasteiger charge is -2.00. The minimum atomic E-state index is -0.477. The van der Waals surface area contributed by atoms with Gasteiger partial charge in [0.1, 0.15) is 12.4 Å². The molecule has 0 aliphatic carbocycles. The van der Waals surface area contributed by atoms with Crippen molar-refractivity contribution < 1.29 is 9.72 Å². The summed E-state index contributed by atoms with van der Waals surface area (Å²) in [6.07, 6.45) is 4.26. The molecule has 6 nitrogen and oxygen atoms in total. The molecule has 0 spiro atoms. The Kier molecular flexibility index (Phi) is 3.52. The van der Waals surface area contributed by atoms with Crippen molar-refractivity contribution in [1.82, 2.24) is 9.78 Å². The average molecular weight is 265 g/mol. The van der Waals surface area contributed by atoms with Gasteiger partial charge in [0.25, 0.3) is 0 Å². The van der Waals surface area contributed by atoms with Gasteiger partial charge >= 0.3 is 5.69 Å². The van der Waals surface area contributed by atoms with Gasteiger partial charge in [0, 0.05) is 4.88 Å². The van der Waals surface area contributed by atoms with Crippen LogP contribution in [0.25, 0.3) is 0 Å². The average Bonchev–Trinajstić information content (AvgIpc) is 2.96. The topological polar surface area (TPSA) is 78.0 Å². The van der Waals surface area contributed by atoms with E-state index in [0.717, 1.165) is 23.1 Å². The lowest BCUT2D eigenvalue weighted by molar-refractivity contribution is -0.385. The molecule has 0 bridgehead atoms. The van der Waals surface area contributed by atoms with Gasteiger partial charge in [0.15, 0.2) is 6.29 Å². The minimum Gasteiger partial charge on any atom is -0.297 e. The van der Waals surface area contributed by atoms with E-state index in [1.807, 2.05) is 13.0 Å². The molecule has 0 aliphatic rings. The van der Waals surface area contributed by atoms with Crippen LogP contribution in [0.1, 0.15) is 27.0 Å². The van der Waals surface area contributed by atoms with Crippen molar-refractivity contribution in [2.24, 2.45) is 0 Å². The van der Waals surface area contributed by atoms with Crippen molar-refractivity contribution in [3.63, 3.8) is 0 Å². The lowest BCUT2D eigenvalue weighted by Crippen LogP contribution is -2.00. The lowest BCUT2D eigenvalue weighted by atomic mass is 10.2. The maximum absolute atomic E-state index is 10.7. The van der Waals surface area contributed by atoms with Gasteiger partial charge in [-0.3, -0.25) is 19.6 Å². The van der Waals surface area contributed by atoms with Crippen molar-refractivity contribution in [3.8, 4) is 0 Å². The third-order valence-electron chi connectivity index (χ3n) is 2.52. The first-order valence-corrected chi connectivity index (χ1v) is 6.19. The van der Waals surface area contributed by atoms with E-state index in [9.17, 15) is 14.9 Å². The summed E-state index contributed by atoms with van der Waals surface area (Å²) < 4.78 is 1.51. The first kappa shape index (κ1) is 12.4. The minimum absolute atomic E-state index is 0.0288. The monoisotopic (exact) mass is 265 g/mol. The molecule has 0 amide bonds. The molecule has 0 saturated carbocycles. The van der Waals surface area contributed by atoms with Crippen LogP contribution in [0.15, 0.2) is 18.5 Å². The van der Waals surface area contributed by atoms with E-state index in [2.05, 4.69) is 5.10 Å². The maximum atomic E-state index is 10.7. The van der Waals surface area contributed by atoms with E-state index in [0.29, 0.717) is 11.4 Å². The van der Waals surface area contributed by atoms with Gasteiger partial charge in [-0.05, 0) is 18.1 Å². The summed E-state index contributed by atoms with van der Waals surface area (Å²) in [6.45, 7) is 2.46. The number of aldehydes is 1. The third-order valence-corrected chi connectivity index (χ3v) is 3.76. The van der Waals surface area contributed by atoms with Crippen molar-refractivity contribution in [2.75, 3.05) is 0 Å². The van der Waals surface area contributed by atoms with Crippen LogP contribution in [0.5, 0.6) is 0 Å². The number of aromatic nitrogens is 2. The Morgan fingerprint density at radius 1 is 1.61 bits per heavy atom. The zero-order chi connectivity index (χ0) is 13.1. The van der Waals surface area contributed by atoms with Crippen LogP contribution in [0.2, 0.25) is 0 Å². The van der Waals surface area contributed by atoms with Gasteiger partial charge in [0.2, 0.25) is 0 Å². The van der Waals surface area contributed by atoms with Crippen LogP contribution in [-0.4, -0.2) is 21.0 Å². The van der Waals surface area contributed by atoms with Gasteiger partial charge < -0.3 is 0 Å². The second kappa shape index (κ2) is 5.09. The van der Waals surface area contributed by atoms with Crippen molar-refractivity contribution in [2.45, 2.75) is 19.9 Å². The van der Waals surface area contributed by atoms with Crippen LogP contribution >= 0.6 is 11.3 Å². The Bertz CT molecular complexity index is 588. The van der Waals surface area contributed by atoms with Crippen molar-refractivity contribution in [1.29, 1.82) is 0 Å². The zero-order valence-electron chi connectivity index (χ0n) is 9.70. The number of hydrogen-bond donors (Lipinski definition) is 0. The SMILES string of the molecule is CCc1sc(C=O)cc1Cn1cc([N+](=O)[O-])cn1. The fourth-order valence-electron chi connectivity index (χ4n) is 1.69. The Hall–Kier alpha value is -2.02. The van der Waals surface area contributed by atoms with Crippen LogP contribution in [0.4, 0.5) is 5.69 Å². The Morgan fingerprint density at radius 3 is 2.94 bits per heavy atom. The fourth-order valence-corrected chi connectivity index (χ4v) is 2.62. The fraction of sp³-hybridized carbons (Fsp3) is 0.273. The Labute approximate surface area is 107 Å². The molecule has 0 N–H and O–H groups in total. The highest BCUT2D eigenvalue weighted by atomic mass is 32.1. The summed E-state index contributed by atoms with van der Waals surface area (Å²) in [6, 6.07) is 1.81. The van der Waals surface area contributed by atoms with Gasteiger partial charge in [-0.1, -0.05) is 6.92 Å². The summed E-state index contributed by atoms with van der Waals surface area (Å²) in [5.74, 6) is 0. The molecule has 0 fully saturated rings. The molecule has 7 heteroatoms. The first-order chi connectivity index (χ1) is 8.63. The highest BCUT2D eigenvalue weighted by Crippen LogP contribution is 2.23. The molecule has 18 heavy (non-hydrogen) atoms. The highest BCUT2D eigenvalue weighted by Gasteiger charge is 2.12. The smallest absolute Gasteiger partial charge is 0.297 e. The molecule has 2 aromatic heterocycles. The number of carbonyl (C=O) groups is 1. The molecular weight excluding hydrogens is 254 g/mol. The summed E-state index contributed by atoms with van der Waals surface area (Å²) in [5, 5.41) is 14.5. The second-order valence-electron chi connectivity index (χ2n) is 3.72. The number of aryl methyl sites for hydroxylation is 1. The predicted molar refractivity (Wildman–Crippen MR) is 67.1 cm³/mol. The molecule has 0 unspecified atom stereocenters. The molecule has 0 radical (unpaired) electrons. The summed E-state index contributed by atoms with van der Waals surface area (Å²) in [7, 11) is 0. The zero-order valence-corrected chi connectivity index (χ0v) is 10.5. The summed E-state index contributed by atoms with van der Waals surface area (Å²) in [5.41, 5.74) is 0.960. The normalized spacial score (nSPS) is 10.5. The van der Waals surface area contributed by atoms with Crippen LogP contribution in [-0.2, 0) is 13.0 Å². The van der Waals surface area contributed by atoms with E-state index >= 15 is 0 Å². The van der Waals surface area contributed by atoms with Crippen LogP contribution in [0.3, 0.4) is 0 Å². The molecule has 2 rings (SSSR count). The van der Waals surface area contributed by atoms with E-state index in [1.54, 1.807) is 0 Å². The van der Waals surface area contributed by atoms with E-state index in [1.165, 1.54) is 28.4 Å². The number of carbonyl (C=O) groups excluding carboxylic acids is 1. The number of hydrogen-bond acceptors (Lipinski definition) is 5. The molecular formula is C11H11N3O3S. The molecule has 0 aliphatic heterocycles. The number of nitrogens with zero attached hydrogens (tertiary/aromatic N) is 3. The molecule has 2 aromatic rings. The predicted octanol–water partition coefficient (Wildman–Crippen LogP) is 2.28. The van der Waals surface area contributed by atoms with E-state index < -0.39 is 4.92 Å². The number of nitro groups is 1. The molecule has 0 saturated heterocycles. The summed E-state index contributed by atoms with van der Waals surface area (Å²) >= 11 is 1.45. The van der Waals surface area contributed by atoms with Crippen molar-refractivity contribution in [3.05, 3.63) is 43.9 Å². The molecule has 0 aromatic carbocycles. The number of thiophene rings is 1. The second-order valence-corrected chi connectivity index (χ2v) is 4.89. The largest absolute Gasteiger partial charge is 0.307 e. The van der Waals surface area contributed by atoms with Crippen LogP contribution in [0, 0.1) is 10.1 Å².